The number of halogens is 2. The molecule has 0 spiro atoms. The van der Waals surface area contributed by atoms with Gasteiger partial charge in [-0.05, 0) is 6.07 Å². The minimum Gasteiger partial charge on any atom is -0.479 e. The first-order valence-corrected chi connectivity index (χ1v) is 8.60. The van der Waals surface area contributed by atoms with Crippen LogP contribution in [0.1, 0.15) is 0 Å². The van der Waals surface area contributed by atoms with Gasteiger partial charge in [-0.15, -0.1) is 10.2 Å². The molecule has 0 amide bonds. The van der Waals surface area contributed by atoms with E-state index < -0.39 is 36.6 Å². The second-order valence-electron chi connectivity index (χ2n) is 5.90. The quantitative estimate of drug-likeness (QED) is 0.374. The Labute approximate surface area is 167 Å². The van der Waals surface area contributed by atoms with E-state index >= 15 is 0 Å². The summed E-state index contributed by atoms with van der Waals surface area (Å²) in [5.41, 5.74) is 5.99. The maximum absolute atomic E-state index is 11.2. The van der Waals surface area contributed by atoms with Gasteiger partial charge in [-0.3, -0.25) is 0 Å². The Balaban J connectivity index is 1.99. The van der Waals surface area contributed by atoms with Gasteiger partial charge in [-0.1, -0.05) is 35.3 Å². The summed E-state index contributed by atoms with van der Waals surface area (Å²) in [5, 5.41) is 49.6. The standard InChI is InChI=1S/C15H15Cl2N5O6/c16-5-3-1-2-4(6(5)17)7-12(20-15(18)22-21-7)19-13-10(25)8(23)9(24)11(28-13)14(26)27/h1-3,8-11,13,23-25H,(H,26,27)(H3,18,19,20,22)/t8-,9-,10+,11-,13+/m0/s1. The highest BCUT2D eigenvalue weighted by molar-refractivity contribution is 6.43. The van der Waals surface area contributed by atoms with Gasteiger partial charge < -0.3 is 36.2 Å². The summed E-state index contributed by atoms with van der Waals surface area (Å²) < 4.78 is 5.17. The van der Waals surface area contributed by atoms with Gasteiger partial charge in [0.1, 0.15) is 24.0 Å². The van der Waals surface area contributed by atoms with Gasteiger partial charge in [-0.25, -0.2) is 4.79 Å². The number of carbonyl (C=O) groups is 1. The lowest BCUT2D eigenvalue weighted by atomic mass is 9.98. The number of aromatic nitrogens is 3. The van der Waals surface area contributed by atoms with Crippen LogP contribution in [0.5, 0.6) is 0 Å². The third kappa shape index (κ3) is 3.81. The zero-order chi connectivity index (χ0) is 20.6. The molecular formula is C15H15Cl2N5O6. The summed E-state index contributed by atoms with van der Waals surface area (Å²) in [7, 11) is 0. The summed E-state index contributed by atoms with van der Waals surface area (Å²) >= 11 is 12.2. The van der Waals surface area contributed by atoms with Crippen LogP contribution in [0, 0.1) is 0 Å². The average Bonchev–Trinajstić information content (AvgIpc) is 2.64. The summed E-state index contributed by atoms with van der Waals surface area (Å²) in [6.07, 6.45) is -8.57. The first-order valence-electron chi connectivity index (χ1n) is 7.84. The van der Waals surface area contributed by atoms with Crippen molar-refractivity contribution in [3.8, 4) is 11.3 Å². The largest absolute Gasteiger partial charge is 0.479 e. The van der Waals surface area contributed by atoms with Gasteiger partial charge >= 0.3 is 5.97 Å². The lowest BCUT2D eigenvalue weighted by Crippen LogP contribution is -2.61. The number of ether oxygens (including phenoxy) is 1. The summed E-state index contributed by atoms with van der Waals surface area (Å²) in [6, 6.07) is 4.75. The summed E-state index contributed by atoms with van der Waals surface area (Å²) in [5.74, 6) is -1.82. The van der Waals surface area contributed by atoms with Gasteiger partial charge in [0, 0.05) is 5.56 Å². The molecular weight excluding hydrogens is 417 g/mol. The van der Waals surface area contributed by atoms with Gasteiger partial charge in [0.15, 0.2) is 18.1 Å². The number of benzene rings is 1. The molecule has 1 aliphatic heterocycles. The van der Waals surface area contributed by atoms with Crippen LogP contribution in [0.3, 0.4) is 0 Å². The van der Waals surface area contributed by atoms with E-state index in [2.05, 4.69) is 20.5 Å². The molecule has 2 heterocycles. The molecule has 1 fully saturated rings. The monoisotopic (exact) mass is 431 g/mol. The van der Waals surface area contributed by atoms with Gasteiger partial charge in [-0.2, -0.15) is 4.98 Å². The number of carboxylic acids is 1. The number of aliphatic hydroxyl groups excluding tert-OH is 3. The maximum atomic E-state index is 11.2. The lowest BCUT2D eigenvalue weighted by molar-refractivity contribution is -0.221. The Morgan fingerprint density at radius 1 is 1.14 bits per heavy atom. The SMILES string of the molecule is Nc1nnc(-c2cccc(Cl)c2Cl)c(N[C@@H]2O[C@H](C(=O)O)[C@@H](O)[C@H](O)[C@H]2O)n1. The normalized spacial score (nSPS) is 27.4. The van der Waals surface area contributed by atoms with Crippen molar-refractivity contribution in [1.29, 1.82) is 0 Å². The third-order valence-corrected chi connectivity index (χ3v) is 4.86. The lowest BCUT2D eigenvalue weighted by Gasteiger charge is -2.39. The highest BCUT2D eigenvalue weighted by Gasteiger charge is 2.47. The number of anilines is 2. The van der Waals surface area contributed by atoms with Crippen LogP contribution >= 0.6 is 23.2 Å². The number of nitrogens with zero attached hydrogens (tertiary/aromatic N) is 3. The Bertz CT molecular complexity index is 903. The van der Waals surface area contributed by atoms with E-state index in [9.17, 15) is 20.1 Å². The van der Waals surface area contributed by atoms with Crippen molar-refractivity contribution in [2.45, 2.75) is 30.6 Å². The van der Waals surface area contributed by atoms with Crippen LogP contribution in [-0.4, -0.2) is 72.2 Å². The second-order valence-corrected chi connectivity index (χ2v) is 6.69. The first kappa shape index (κ1) is 20.5. The predicted molar refractivity (Wildman–Crippen MR) is 97.6 cm³/mol. The molecule has 11 nitrogen and oxygen atoms in total. The molecule has 1 saturated heterocycles. The highest BCUT2D eigenvalue weighted by Crippen LogP contribution is 2.36. The summed E-state index contributed by atoms with van der Waals surface area (Å²) in [6.45, 7) is 0. The molecule has 0 aliphatic carbocycles. The number of hydrogen-bond donors (Lipinski definition) is 6. The number of nitrogens with one attached hydrogen (secondary N) is 1. The molecule has 28 heavy (non-hydrogen) atoms. The van der Waals surface area contributed by atoms with Crippen molar-refractivity contribution in [2.75, 3.05) is 11.1 Å². The zero-order valence-electron chi connectivity index (χ0n) is 13.9. The van der Waals surface area contributed by atoms with E-state index in [1.54, 1.807) is 18.2 Å². The number of nitrogens with two attached hydrogens (primary N) is 1. The van der Waals surface area contributed by atoms with E-state index in [0.717, 1.165) is 0 Å². The van der Waals surface area contributed by atoms with Crippen LogP contribution < -0.4 is 11.1 Å². The van der Waals surface area contributed by atoms with Crippen LogP contribution in [0.4, 0.5) is 11.8 Å². The maximum Gasteiger partial charge on any atom is 0.335 e. The van der Waals surface area contributed by atoms with E-state index in [-0.39, 0.29) is 27.5 Å². The molecule has 5 atom stereocenters. The number of carboxylic acid groups (broad SMARTS) is 1. The number of aliphatic hydroxyl groups is 3. The second kappa shape index (κ2) is 7.99. The number of hydrogen-bond acceptors (Lipinski definition) is 10. The van der Waals surface area contributed by atoms with E-state index in [1.165, 1.54) is 0 Å². The average molecular weight is 432 g/mol. The van der Waals surface area contributed by atoms with Gasteiger partial charge in [0.25, 0.3) is 0 Å². The smallest absolute Gasteiger partial charge is 0.335 e. The highest BCUT2D eigenvalue weighted by atomic mass is 35.5. The van der Waals surface area contributed by atoms with E-state index in [0.29, 0.717) is 5.56 Å². The fourth-order valence-corrected chi connectivity index (χ4v) is 3.03. The van der Waals surface area contributed by atoms with Gasteiger partial charge in [0.2, 0.25) is 5.95 Å². The molecule has 0 unspecified atom stereocenters. The molecule has 1 aromatic carbocycles. The summed E-state index contributed by atoms with van der Waals surface area (Å²) in [4.78, 5) is 15.2. The predicted octanol–water partition coefficient (Wildman–Crippen LogP) is -0.268. The Morgan fingerprint density at radius 3 is 2.54 bits per heavy atom. The van der Waals surface area contributed by atoms with Crippen molar-refractivity contribution in [3.05, 3.63) is 28.2 Å². The van der Waals surface area contributed by atoms with Crippen LogP contribution in [0.25, 0.3) is 11.3 Å². The molecule has 0 saturated carbocycles. The van der Waals surface area contributed by atoms with Crippen molar-refractivity contribution < 1.29 is 30.0 Å². The number of rotatable bonds is 4. The topological polar surface area (TPSA) is 184 Å². The Kier molecular flexibility index (Phi) is 5.84. The minimum absolute atomic E-state index is 0.0616. The number of nitrogen functional groups attached to an aromatic ring is 1. The van der Waals surface area contributed by atoms with Crippen LogP contribution in [0.15, 0.2) is 18.2 Å². The molecule has 7 N–H and O–H groups in total. The van der Waals surface area contributed by atoms with Crippen molar-refractivity contribution in [3.63, 3.8) is 0 Å². The molecule has 2 aromatic rings. The fourth-order valence-electron chi connectivity index (χ4n) is 2.64. The van der Waals surface area contributed by atoms with E-state index in [1.807, 2.05) is 0 Å². The first-order chi connectivity index (χ1) is 13.2. The molecule has 13 heteroatoms. The molecule has 0 radical (unpaired) electrons. The molecule has 0 bridgehead atoms. The third-order valence-electron chi connectivity index (χ3n) is 4.05. The van der Waals surface area contributed by atoms with Crippen molar-refractivity contribution in [2.24, 2.45) is 0 Å². The number of aliphatic carboxylic acids is 1. The fraction of sp³-hybridized carbons (Fsp3) is 0.333. The van der Waals surface area contributed by atoms with E-state index in [4.69, 9.17) is 38.8 Å². The van der Waals surface area contributed by atoms with Crippen LogP contribution in [-0.2, 0) is 9.53 Å². The van der Waals surface area contributed by atoms with Crippen LogP contribution in [0.2, 0.25) is 10.0 Å². The molecule has 150 valence electrons. The van der Waals surface area contributed by atoms with Crippen molar-refractivity contribution >= 4 is 40.9 Å². The van der Waals surface area contributed by atoms with Gasteiger partial charge in [0.05, 0.1) is 10.0 Å². The Morgan fingerprint density at radius 2 is 1.86 bits per heavy atom. The molecule has 1 aromatic heterocycles. The minimum atomic E-state index is -1.83. The van der Waals surface area contributed by atoms with Crippen molar-refractivity contribution in [1.82, 2.24) is 15.2 Å². The molecule has 3 rings (SSSR count). The Hall–Kier alpha value is -2.28. The molecule has 1 aliphatic rings. The zero-order valence-corrected chi connectivity index (χ0v) is 15.4.